The van der Waals surface area contributed by atoms with E-state index in [2.05, 4.69) is 43.3 Å². The fourth-order valence-corrected chi connectivity index (χ4v) is 9.37. The molecule has 4 fully saturated rings. The van der Waals surface area contributed by atoms with Gasteiger partial charge in [0.25, 0.3) is 0 Å². The van der Waals surface area contributed by atoms with Gasteiger partial charge in [0.05, 0.1) is 23.4 Å². The maximum atomic E-state index is 14.0. The van der Waals surface area contributed by atoms with Crippen molar-refractivity contribution >= 4 is 16.1 Å². The van der Waals surface area contributed by atoms with Crippen LogP contribution in [0.1, 0.15) is 70.8 Å². The minimum Gasteiger partial charge on any atom is -0.388 e. The molecule has 37 heavy (non-hydrogen) atoms. The number of amides is 2. The summed E-state index contributed by atoms with van der Waals surface area (Å²) in [6.07, 6.45) is 6.63. The van der Waals surface area contributed by atoms with Crippen LogP contribution in [-0.2, 0) is 15.6 Å². The van der Waals surface area contributed by atoms with Crippen molar-refractivity contribution in [3.63, 3.8) is 0 Å². The third-order valence-electron chi connectivity index (χ3n) is 9.82. The highest BCUT2D eigenvalue weighted by molar-refractivity contribution is 7.89. The lowest BCUT2D eigenvalue weighted by atomic mass is 9.67. The molecule has 0 radical (unpaired) electrons. The Hall–Kier alpha value is -1.68. The Labute approximate surface area is 222 Å². The number of aliphatic hydroxyl groups is 1. The number of carbonyl (C=O) groups is 1. The first-order chi connectivity index (χ1) is 17.3. The summed E-state index contributed by atoms with van der Waals surface area (Å²) >= 11 is 0. The molecular weight excluding hydrogens is 488 g/mol. The van der Waals surface area contributed by atoms with Crippen molar-refractivity contribution in [1.82, 2.24) is 19.0 Å². The fraction of sp³-hybridized carbons (Fsp3) is 0.750. The van der Waals surface area contributed by atoms with Gasteiger partial charge in [-0.2, -0.15) is 4.31 Å². The minimum atomic E-state index is -3.29. The summed E-state index contributed by atoms with van der Waals surface area (Å²) in [5.41, 5.74) is -0.619. The average Bonchev–Trinajstić information content (AvgIpc) is 3.31. The molecule has 0 bridgehead atoms. The number of urea groups is 1. The molecule has 1 N–H and O–H groups in total. The molecule has 0 unspecified atom stereocenters. The second kappa shape index (κ2) is 9.21. The summed E-state index contributed by atoms with van der Waals surface area (Å²) in [6.45, 7) is 5.69. The van der Waals surface area contributed by atoms with Crippen LogP contribution in [-0.4, -0.2) is 101 Å². The molecule has 4 aliphatic rings. The normalized spacial score (nSPS) is 31.9. The van der Waals surface area contributed by atoms with Crippen molar-refractivity contribution in [3.05, 3.63) is 35.9 Å². The highest BCUT2D eigenvalue weighted by atomic mass is 32.2. The number of benzene rings is 1. The number of carbonyl (C=O) groups excluding carboxylic acids is 1. The molecule has 0 aromatic heterocycles. The van der Waals surface area contributed by atoms with Crippen molar-refractivity contribution in [1.29, 1.82) is 0 Å². The molecular formula is C28H44N4O4S. The Morgan fingerprint density at radius 1 is 1.00 bits per heavy atom. The number of hydrogen-bond donors (Lipinski definition) is 1. The van der Waals surface area contributed by atoms with Crippen LogP contribution in [0.5, 0.6) is 0 Å². The van der Waals surface area contributed by atoms with Crippen LogP contribution >= 0.6 is 0 Å². The van der Waals surface area contributed by atoms with Crippen LogP contribution in [0.2, 0.25) is 0 Å². The molecule has 5 rings (SSSR count). The Morgan fingerprint density at radius 3 is 2.16 bits per heavy atom. The van der Waals surface area contributed by atoms with Gasteiger partial charge < -0.3 is 14.9 Å². The lowest BCUT2D eigenvalue weighted by Crippen LogP contribution is -2.59. The summed E-state index contributed by atoms with van der Waals surface area (Å²) in [6, 6.07) is 10.6. The number of β-amino-alcohol motifs (C(OH)–C–C–N with tert-alkyl or cyclic N) is 1. The Morgan fingerprint density at radius 2 is 1.65 bits per heavy atom. The zero-order valence-corrected chi connectivity index (χ0v) is 23.8. The molecule has 2 amide bonds. The van der Waals surface area contributed by atoms with Crippen LogP contribution in [0, 0.1) is 0 Å². The molecule has 9 heteroatoms. The topological polar surface area (TPSA) is 84.4 Å². The van der Waals surface area contributed by atoms with Gasteiger partial charge in [-0.05, 0) is 84.9 Å². The predicted octanol–water partition coefficient (Wildman–Crippen LogP) is 3.22. The number of sulfonamides is 1. The van der Waals surface area contributed by atoms with Gasteiger partial charge in [-0.25, -0.2) is 13.2 Å². The van der Waals surface area contributed by atoms with Crippen LogP contribution < -0.4 is 0 Å². The van der Waals surface area contributed by atoms with Gasteiger partial charge in [0.2, 0.25) is 10.0 Å². The standard InChI is InChI=1S/C28H44N4O4S/c1-25(2,32-18-9-19-37(32,35)36)20-30-21-26(31(24(30)33)22-27(34)12-8-13-27)14-16-28(17-15-26,29(3)4)23-10-6-5-7-11-23/h5-7,10-11,34H,8-9,12-22H2,1-4H3/t26-,28+. The molecule has 206 valence electrons. The summed E-state index contributed by atoms with van der Waals surface area (Å²) in [7, 11) is 0.994. The third kappa shape index (κ3) is 4.60. The largest absolute Gasteiger partial charge is 0.388 e. The first-order valence-corrected chi connectivity index (χ1v) is 15.5. The first-order valence-electron chi connectivity index (χ1n) is 13.9. The highest BCUT2D eigenvalue weighted by Crippen LogP contribution is 2.50. The van der Waals surface area contributed by atoms with E-state index in [1.54, 1.807) is 4.31 Å². The third-order valence-corrected chi connectivity index (χ3v) is 12.0. The monoisotopic (exact) mass is 532 g/mol. The van der Waals surface area contributed by atoms with E-state index in [4.69, 9.17) is 0 Å². The Bertz CT molecular complexity index is 1110. The Kier molecular flexibility index (Phi) is 6.70. The van der Waals surface area contributed by atoms with E-state index in [9.17, 15) is 18.3 Å². The van der Waals surface area contributed by atoms with E-state index in [-0.39, 0.29) is 22.9 Å². The van der Waals surface area contributed by atoms with E-state index in [0.29, 0.717) is 32.6 Å². The highest BCUT2D eigenvalue weighted by Gasteiger charge is 2.57. The quantitative estimate of drug-likeness (QED) is 0.583. The second-order valence-electron chi connectivity index (χ2n) is 12.9. The van der Waals surface area contributed by atoms with E-state index in [1.165, 1.54) is 5.56 Å². The average molecular weight is 533 g/mol. The zero-order valence-electron chi connectivity index (χ0n) is 22.9. The van der Waals surface area contributed by atoms with Gasteiger partial charge >= 0.3 is 6.03 Å². The molecule has 2 aliphatic carbocycles. The van der Waals surface area contributed by atoms with Gasteiger partial charge in [-0.3, -0.25) is 4.90 Å². The van der Waals surface area contributed by atoms with Crippen molar-refractivity contribution in [2.24, 2.45) is 0 Å². The number of nitrogens with zero attached hydrogens (tertiary/aromatic N) is 4. The summed E-state index contributed by atoms with van der Waals surface area (Å²) < 4.78 is 27.0. The van der Waals surface area contributed by atoms with Crippen LogP contribution in [0.4, 0.5) is 4.79 Å². The van der Waals surface area contributed by atoms with Crippen molar-refractivity contribution in [2.75, 3.05) is 46.0 Å². The van der Waals surface area contributed by atoms with E-state index < -0.39 is 21.2 Å². The molecule has 0 atom stereocenters. The van der Waals surface area contributed by atoms with E-state index in [0.717, 1.165) is 44.9 Å². The van der Waals surface area contributed by atoms with E-state index in [1.807, 2.05) is 29.7 Å². The zero-order chi connectivity index (χ0) is 26.7. The maximum Gasteiger partial charge on any atom is 0.320 e. The lowest BCUT2D eigenvalue weighted by Gasteiger charge is -2.52. The van der Waals surface area contributed by atoms with Crippen molar-refractivity contribution in [3.8, 4) is 0 Å². The molecule has 1 aromatic carbocycles. The van der Waals surface area contributed by atoms with Gasteiger partial charge in [-0.1, -0.05) is 30.3 Å². The molecule has 1 aromatic rings. The molecule has 1 spiro atoms. The summed E-state index contributed by atoms with van der Waals surface area (Å²) in [5, 5.41) is 11.1. The van der Waals surface area contributed by atoms with Crippen LogP contribution in [0.25, 0.3) is 0 Å². The molecule has 2 aliphatic heterocycles. The van der Waals surface area contributed by atoms with Crippen LogP contribution in [0.15, 0.2) is 30.3 Å². The summed E-state index contributed by atoms with van der Waals surface area (Å²) in [4.78, 5) is 20.2. The smallest absolute Gasteiger partial charge is 0.320 e. The van der Waals surface area contributed by atoms with E-state index >= 15 is 0 Å². The van der Waals surface area contributed by atoms with Gasteiger partial charge in [0.15, 0.2) is 0 Å². The number of rotatable bonds is 7. The number of hydrogen-bond acceptors (Lipinski definition) is 5. The van der Waals surface area contributed by atoms with Crippen LogP contribution in [0.3, 0.4) is 0 Å². The fourth-order valence-electron chi connectivity index (χ4n) is 7.44. The lowest BCUT2D eigenvalue weighted by molar-refractivity contribution is -0.0725. The Balaban J connectivity index is 1.42. The minimum absolute atomic E-state index is 0.0536. The summed E-state index contributed by atoms with van der Waals surface area (Å²) in [5.74, 6) is 0.180. The van der Waals surface area contributed by atoms with Gasteiger partial charge in [0.1, 0.15) is 0 Å². The first kappa shape index (κ1) is 26.9. The molecule has 2 heterocycles. The second-order valence-corrected chi connectivity index (χ2v) is 14.9. The SMILES string of the molecule is CN(C)[C@]1(c2ccccc2)CC[C@]2(CC1)CN(CC(C)(C)N1CCCS1(=O)=O)C(=O)N2CC1(O)CCC1. The maximum absolute atomic E-state index is 14.0. The molecule has 2 saturated carbocycles. The van der Waals surface area contributed by atoms with Gasteiger partial charge in [0, 0.05) is 30.7 Å². The molecule has 8 nitrogen and oxygen atoms in total. The van der Waals surface area contributed by atoms with Crippen molar-refractivity contribution in [2.45, 2.75) is 87.4 Å². The van der Waals surface area contributed by atoms with Crippen molar-refractivity contribution < 1.29 is 18.3 Å². The predicted molar refractivity (Wildman–Crippen MR) is 145 cm³/mol. The van der Waals surface area contributed by atoms with Gasteiger partial charge in [-0.15, -0.1) is 0 Å². The molecule has 2 saturated heterocycles.